The number of fused-ring (bicyclic) bond motifs is 2. The number of hydrogen-bond acceptors (Lipinski definition) is 6. The van der Waals surface area contributed by atoms with Crippen LogP contribution < -0.4 is 4.90 Å². The van der Waals surface area contributed by atoms with Crippen molar-refractivity contribution in [2.24, 2.45) is 11.3 Å². The minimum atomic E-state index is 0.0603. The Labute approximate surface area is 174 Å². The van der Waals surface area contributed by atoms with E-state index in [0.29, 0.717) is 5.92 Å². The fourth-order valence-electron chi connectivity index (χ4n) is 5.19. The van der Waals surface area contributed by atoms with E-state index in [0.717, 1.165) is 60.1 Å². The highest BCUT2D eigenvalue weighted by Crippen LogP contribution is 2.45. The van der Waals surface area contributed by atoms with Crippen molar-refractivity contribution in [3.63, 3.8) is 0 Å². The molecule has 3 aromatic rings. The molecule has 0 spiro atoms. The van der Waals surface area contributed by atoms with Gasteiger partial charge in [-0.3, -0.25) is 4.79 Å². The average Bonchev–Trinajstić information content (AvgIpc) is 3.41. The number of likely N-dealkylation sites (tertiary alicyclic amines) is 1. The van der Waals surface area contributed by atoms with Crippen molar-refractivity contribution in [2.75, 3.05) is 51.7 Å². The number of carbonyl (C=O) groups excluding carboxylic acids is 1. The second-order valence-electron chi connectivity index (χ2n) is 8.73. The Hall–Kier alpha value is -2.45. The molecule has 2 fully saturated rings. The lowest BCUT2D eigenvalue weighted by molar-refractivity contribution is 0.0767. The Bertz CT molecular complexity index is 1060. The Balaban J connectivity index is 1.42. The predicted octanol–water partition coefficient (Wildman–Crippen LogP) is 2.47. The van der Waals surface area contributed by atoms with E-state index in [2.05, 4.69) is 43.1 Å². The van der Waals surface area contributed by atoms with E-state index in [1.54, 1.807) is 0 Å². The van der Waals surface area contributed by atoms with Crippen molar-refractivity contribution in [3.8, 4) is 0 Å². The van der Waals surface area contributed by atoms with Gasteiger partial charge < -0.3 is 19.7 Å². The van der Waals surface area contributed by atoms with E-state index in [9.17, 15) is 4.79 Å². The smallest absolute Gasteiger partial charge is 0.254 e. The maximum atomic E-state index is 13.4. The van der Waals surface area contributed by atoms with Gasteiger partial charge in [0.2, 0.25) is 5.13 Å². The lowest BCUT2D eigenvalue weighted by Crippen LogP contribution is -2.43. The first-order valence-corrected chi connectivity index (χ1v) is 10.8. The SMILES string of the molecule is Cc1nsc(N2C[C@H]3CN(C(=O)c4cccc5[nH]ccc45)C[C@@]3(CN(C)C)C2)n1. The number of nitrogens with one attached hydrogen (secondary N) is 1. The van der Waals surface area contributed by atoms with Gasteiger partial charge in [0.05, 0.1) is 0 Å². The van der Waals surface area contributed by atoms with E-state index in [1.807, 2.05) is 37.4 Å². The summed E-state index contributed by atoms with van der Waals surface area (Å²) in [4.78, 5) is 27.9. The fraction of sp³-hybridized carbons (Fsp3) is 0.476. The van der Waals surface area contributed by atoms with Gasteiger partial charge in [0, 0.05) is 78.3 Å². The number of benzene rings is 1. The summed E-state index contributed by atoms with van der Waals surface area (Å²) < 4.78 is 4.36. The van der Waals surface area contributed by atoms with Gasteiger partial charge in [0.25, 0.3) is 5.91 Å². The molecule has 2 aliphatic rings. The maximum absolute atomic E-state index is 13.4. The number of rotatable bonds is 4. The lowest BCUT2D eigenvalue weighted by atomic mass is 9.80. The summed E-state index contributed by atoms with van der Waals surface area (Å²) >= 11 is 1.48. The van der Waals surface area contributed by atoms with Crippen LogP contribution in [0.1, 0.15) is 16.2 Å². The molecule has 29 heavy (non-hydrogen) atoms. The molecular weight excluding hydrogens is 384 g/mol. The van der Waals surface area contributed by atoms with Crippen LogP contribution in [0, 0.1) is 18.3 Å². The van der Waals surface area contributed by atoms with Crippen LogP contribution in [0.4, 0.5) is 5.13 Å². The van der Waals surface area contributed by atoms with E-state index in [1.165, 1.54) is 11.5 Å². The second-order valence-corrected chi connectivity index (χ2v) is 9.46. The van der Waals surface area contributed by atoms with Crippen LogP contribution in [-0.2, 0) is 0 Å². The quantitative estimate of drug-likeness (QED) is 0.716. The lowest BCUT2D eigenvalue weighted by Gasteiger charge is -2.32. The zero-order valence-electron chi connectivity index (χ0n) is 17.1. The highest BCUT2D eigenvalue weighted by Gasteiger charge is 2.54. The van der Waals surface area contributed by atoms with E-state index >= 15 is 0 Å². The fourth-order valence-corrected chi connectivity index (χ4v) is 5.87. The zero-order chi connectivity index (χ0) is 20.2. The van der Waals surface area contributed by atoms with Crippen LogP contribution in [0.3, 0.4) is 0 Å². The summed E-state index contributed by atoms with van der Waals surface area (Å²) in [6, 6.07) is 7.91. The van der Waals surface area contributed by atoms with Crippen molar-refractivity contribution in [1.29, 1.82) is 0 Å². The largest absolute Gasteiger partial charge is 0.361 e. The summed E-state index contributed by atoms with van der Waals surface area (Å²) in [6.07, 6.45) is 1.90. The molecule has 0 bridgehead atoms. The van der Waals surface area contributed by atoms with Crippen LogP contribution in [0.5, 0.6) is 0 Å². The van der Waals surface area contributed by atoms with Crippen LogP contribution in [0.2, 0.25) is 0 Å². The highest BCUT2D eigenvalue weighted by atomic mass is 32.1. The van der Waals surface area contributed by atoms with Gasteiger partial charge in [-0.1, -0.05) is 6.07 Å². The van der Waals surface area contributed by atoms with Crippen LogP contribution >= 0.6 is 11.5 Å². The molecule has 0 radical (unpaired) electrons. The number of amides is 1. The van der Waals surface area contributed by atoms with Gasteiger partial charge in [-0.25, -0.2) is 4.98 Å². The molecule has 0 unspecified atom stereocenters. The van der Waals surface area contributed by atoms with Crippen molar-refractivity contribution in [3.05, 3.63) is 41.9 Å². The molecule has 0 saturated carbocycles. The number of aromatic nitrogens is 3. The molecular formula is C21H26N6OS. The van der Waals surface area contributed by atoms with Crippen LogP contribution in [0.15, 0.2) is 30.5 Å². The summed E-state index contributed by atoms with van der Waals surface area (Å²) in [5.74, 6) is 1.41. The molecule has 1 amide bonds. The summed E-state index contributed by atoms with van der Waals surface area (Å²) in [5, 5.41) is 2.01. The van der Waals surface area contributed by atoms with Crippen molar-refractivity contribution in [1.82, 2.24) is 24.1 Å². The maximum Gasteiger partial charge on any atom is 0.254 e. The van der Waals surface area contributed by atoms with Gasteiger partial charge in [0.15, 0.2) is 0 Å². The van der Waals surface area contributed by atoms with E-state index < -0.39 is 0 Å². The minimum Gasteiger partial charge on any atom is -0.361 e. The molecule has 2 saturated heterocycles. The third-order valence-electron chi connectivity index (χ3n) is 6.29. The van der Waals surface area contributed by atoms with Gasteiger partial charge in [-0.2, -0.15) is 4.37 Å². The predicted molar refractivity (Wildman–Crippen MR) is 116 cm³/mol. The number of H-pyrrole nitrogens is 1. The summed E-state index contributed by atoms with van der Waals surface area (Å²) in [5.41, 5.74) is 1.86. The molecule has 5 rings (SSSR count). The van der Waals surface area contributed by atoms with Crippen molar-refractivity contribution in [2.45, 2.75) is 6.92 Å². The monoisotopic (exact) mass is 410 g/mol. The molecule has 1 N–H and O–H groups in total. The highest BCUT2D eigenvalue weighted by molar-refractivity contribution is 7.09. The standard InChI is InChI=1S/C21H26N6OS/c1-14-23-20(29-24-14)27-10-15-9-26(12-21(15,13-27)11-25(2)3)19(28)17-5-4-6-18-16(17)7-8-22-18/h4-8,15,22H,9-13H2,1-3H3/t15-,21+/m1/s1. The normalized spacial score (nSPS) is 24.1. The Morgan fingerprint density at radius 1 is 1.31 bits per heavy atom. The number of nitrogens with zero attached hydrogens (tertiary/aromatic N) is 5. The van der Waals surface area contributed by atoms with Crippen molar-refractivity contribution < 1.29 is 4.79 Å². The molecule has 8 heteroatoms. The molecule has 2 aromatic heterocycles. The van der Waals surface area contributed by atoms with E-state index in [4.69, 9.17) is 0 Å². The average molecular weight is 411 g/mol. The Kier molecular flexibility index (Phi) is 4.36. The summed E-state index contributed by atoms with van der Waals surface area (Å²) in [6.45, 7) is 6.33. The van der Waals surface area contributed by atoms with Gasteiger partial charge in [-0.05, 0) is 39.2 Å². The molecule has 2 aliphatic heterocycles. The van der Waals surface area contributed by atoms with Crippen molar-refractivity contribution >= 4 is 33.5 Å². The second kappa shape index (κ2) is 6.81. The summed E-state index contributed by atoms with van der Waals surface area (Å²) in [7, 11) is 4.24. The third-order valence-corrected chi connectivity index (χ3v) is 7.16. The Morgan fingerprint density at radius 3 is 2.93 bits per heavy atom. The molecule has 2 atom stereocenters. The molecule has 4 heterocycles. The molecule has 0 aliphatic carbocycles. The van der Waals surface area contributed by atoms with Crippen LogP contribution in [0.25, 0.3) is 10.9 Å². The van der Waals surface area contributed by atoms with Gasteiger partial charge in [0.1, 0.15) is 5.82 Å². The number of anilines is 1. The number of hydrogen-bond donors (Lipinski definition) is 1. The minimum absolute atomic E-state index is 0.0603. The first-order chi connectivity index (χ1) is 13.9. The van der Waals surface area contributed by atoms with E-state index in [-0.39, 0.29) is 11.3 Å². The topological polar surface area (TPSA) is 68.4 Å². The number of carbonyl (C=O) groups is 1. The number of aryl methyl sites for hydroxylation is 1. The Morgan fingerprint density at radius 2 is 2.17 bits per heavy atom. The zero-order valence-corrected chi connectivity index (χ0v) is 17.9. The van der Waals surface area contributed by atoms with Gasteiger partial charge >= 0.3 is 0 Å². The van der Waals surface area contributed by atoms with Crippen LogP contribution in [-0.4, -0.2) is 76.9 Å². The number of aromatic amines is 1. The first kappa shape index (κ1) is 18.6. The molecule has 152 valence electrons. The molecule has 7 nitrogen and oxygen atoms in total. The van der Waals surface area contributed by atoms with Gasteiger partial charge in [-0.15, -0.1) is 0 Å². The third kappa shape index (κ3) is 3.11. The first-order valence-electron chi connectivity index (χ1n) is 10.0. The molecule has 1 aromatic carbocycles.